The molecule has 1 fully saturated rings. The van der Waals surface area contributed by atoms with Crippen LogP contribution >= 0.6 is 0 Å². The number of carbonyl (C=O) groups excluding carboxylic acids is 1. The van der Waals surface area contributed by atoms with E-state index >= 15 is 0 Å². The molecule has 0 saturated heterocycles. The lowest BCUT2D eigenvalue weighted by atomic mass is 9.77. The van der Waals surface area contributed by atoms with Crippen molar-refractivity contribution in [1.29, 1.82) is 0 Å². The van der Waals surface area contributed by atoms with Crippen LogP contribution in [0.25, 0.3) is 0 Å². The van der Waals surface area contributed by atoms with Crippen molar-refractivity contribution in [3.05, 3.63) is 65.2 Å². The first-order valence-electron chi connectivity index (χ1n) is 9.79. The fraction of sp³-hybridized carbons (Fsp3) is 0.391. The van der Waals surface area contributed by atoms with Gasteiger partial charge in [-0.05, 0) is 49.4 Å². The Hall–Kier alpha value is -2.82. The summed E-state index contributed by atoms with van der Waals surface area (Å²) in [7, 11) is 0. The molecule has 1 aliphatic carbocycles. The molecule has 5 heteroatoms. The second-order valence-electron chi connectivity index (χ2n) is 7.49. The zero-order valence-corrected chi connectivity index (χ0v) is 16.2. The van der Waals surface area contributed by atoms with Gasteiger partial charge in [-0.25, -0.2) is 4.79 Å². The molecule has 0 aliphatic heterocycles. The van der Waals surface area contributed by atoms with Gasteiger partial charge in [-0.1, -0.05) is 54.8 Å². The third-order valence-electron chi connectivity index (χ3n) is 5.45. The van der Waals surface area contributed by atoms with E-state index in [1.807, 2.05) is 18.2 Å². The maximum absolute atomic E-state index is 13.1. The fourth-order valence-corrected chi connectivity index (χ4v) is 3.96. The lowest BCUT2D eigenvalue weighted by molar-refractivity contribution is -0.139. The highest BCUT2D eigenvalue weighted by Crippen LogP contribution is 2.41. The number of carbonyl (C=O) groups is 2. The minimum atomic E-state index is -0.999. The average Bonchev–Trinajstić information content (AvgIpc) is 3.18. The molecule has 2 aromatic rings. The van der Waals surface area contributed by atoms with Crippen LogP contribution in [0, 0.1) is 6.92 Å². The largest absolute Gasteiger partial charge is 0.482 e. The van der Waals surface area contributed by atoms with Crippen molar-refractivity contribution >= 4 is 11.9 Å². The molecule has 0 atom stereocenters. The summed E-state index contributed by atoms with van der Waals surface area (Å²) in [5.41, 5.74) is 2.98. The smallest absolute Gasteiger partial charge is 0.341 e. The lowest BCUT2D eigenvalue weighted by Gasteiger charge is -2.28. The van der Waals surface area contributed by atoms with Crippen molar-refractivity contribution in [3.8, 4) is 5.75 Å². The molecular weight excluding hydrogens is 354 g/mol. The maximum atomic E-state index is 13.1. The Kier molecular flexibility index (Phi) is 6.34. The summed E-state index contributed by atoms with van der Waals surface area (Å²) in [5, 5.41) is 11.8. The van der Waals surface area contributed by atoms with Gasteiger partial charge in [-0.15, -0.1) is 0 Å². The molecule has 2 aromatic carbocycles. The third kappa shape index (κ3) is 4.71. The molecule has 1 saturated carbocycles. The van der Waals surface area contributed by atoms with E-state index in [1.54, 1.807) is 12.1 Å². The predicted molar refractivity (Wildman–Crippen MR) is 108 cm³/mol. The standard InChI is InChI=1S/C23H27NO4/c1-17-5-4-6-19(15-17)23(12-2-3-13-23)22(27)24-14-11-18-7-9-20(10-8-18)28-16-21(25)26/h4-10,15H,2-3,11-14,16H2,1H3,(H,24,27)(H,25,26). The van der Waals surface area contributed by atoms with E-state index in [2.05, 4.69) is 30.4 Å². The first kappa shape index (κ1) is 19.9. The number of hydrogen-bond donors (Lipinski definition) is 2. The lowest BCUT2D eigenvalue weighted by Crippen LogP contribution is -2.43. The molecule has 2 N–H and O–H groups in total. The van der Waals surface area contributed by atoms with E-state index < -0.39 is 11.4 Å². The molecule has 3 rings (SSSR count). The number of carboxylic acids is 1. The number of rotatable bonds is 8. The second kappa shape index (κ2) is 8.91. The van der Waals surface area contributed by atoms with Crippen LogP contribution in [0.2, 0.25) is 0 Å². The van der Waals surface area contributed by atoms with Crippen LogP contribution in [-0.2, 0) is 21.4 Å². The summed E-state index contributed by atoms with van der Waals surface area (Å²) >= 11 is 0. The monoisotopic (exact) mass is 381 g/mol. The number of amides is 1. The minimum absolute atomic E-state index is 0.122. The number of ether oxygens (including phenoxy) is 1. The van der Waals surface area contributed by atoms with Crippen molar-refractivity contribution in [2.24, 2.45) is 0 Å². The van der Waals surface area contributed by atoms with Crippen LogP contribution in [0.5, 0.6) is 5.75 Å². The Bertz CT molecular complexity index is 823. The summed E-state index contributed by atoms with van der Waals surface area (Å²) < 4.78 is 5.14. The zero-order chi connectivity index (χ0) is 20.0. The summed E-state index contributed by atoms with van der Waals surface area (Å²) in [5.74, 6) is -0.349. The van der Waals surface area contributed by atoms with Crippen molar-refractivity contribution in [1.82, 2.24) is 5.32 Å². The Balaban J connectivity index is 1.57. The summed E-state index contributed by atoms with van der Waals surface area (Å²) in [6.07, 6.45) is 4.68. The number of aliphatic carboxylic acids is 1. The van der Waals surface area contributed by atoms with E-state index in [9.17, 15) is 9.59 Å². The first-order valence-corrected chi connectivity index (χ1v) is 9.79. The van der Waals surface area contributed by atoms with E-state index in [1.165, 1.54) is 5.56 Å². The van der Waals surface area contributed by atoms with Gasteiger partial charge in [0.1, 0.15) is 5.75 Å². The third-order valence-corrected chi connectivity index (χ3v) is 5.45. The van der Waals surface area contributed by atoms with Crippen LogP contribution < -0.4 is 10.1 Å². The topological polar surface area (TPSA) is 75.6 Å². The molecule has 28 heavy (non-hydrogen) atoms. The molecule has 0 heterocycles. The number of carboxylic acid groups (broad SMARTS) is 1. The number of aryl methyl sites for hydroxylation is 1. The average molecular weight is 381 g/mol. The summed E-state index contributed by atoms with van der Waals surface area (Å²) in [6, 6.07) is 15.6. The van der Waals surface area contributed by atoms with Gasteiger partial charge >= 0.3 is 5.97 Å². The number of benzene rings is 2. The highest BCUT2D eigenvalue weighted by molar-refractivity contribution is 5.88. The normalized spacial score (nSPS) is 15.2. The van der Waals surface area contributed by atoms with Gasteiger partial charge in [-0.3, -0.25) is 4.79 Å². The predicted octanol–water partition coefficient (Wildman–Crippen LogP) is 3.63. The first-order chi connectivity index (χ1) is 13.5. The van der Waals surface area contributed by atoms with Crippen LogP contribution in [0.3, 0.4) is 0 Å². The van der Waals surface area contributed by atoms with E-state index in [4.69, 9.17) is 9.84 Å². The molecular formula is C23H27NO4. The quantitative estimate of drug-likeness (QED) is 0.732. The Labute approximate surface area is 165 Å². The summed E-state index contributed by atoms with van der Waals surface area (Å²) in [4.78, 5) is 23.6. The molecule has 0 unspecified atom stereocenters. The molecule has 148 valence electrons. The highest BCUT2D eigenvalue weighted by Gasteiger charge is 2.42. The molecule has 1 aliphatic rings. The van der Waals surface area contributed by atoms with Gasteiger partial charge in [0.05, 0.1) is 5.41 Å². The van der Waals surface area contributed by atoms with Crippen LogP contribution in [0.15, 0.2) is 48.5 Å². The van der Waals surface area contributed by atoms with E-state index in [0.717, 1.165) is 43.2 Å². The van der Waals surface area contributed by atoms with Gasteiger partial charge in [0, 0.05) is 6.54 Å². The molecule has 5 nitrogen and oxygen atoms in total. The Morgan fingerprint density at radius 3 is 2.46 bits per heavy atom. The maximum Gasteiger partial charge on any atom is 0.341 e. The molecule has 0 radical (unpaired) electrons. The number of hydrogen-bond acceptors (Lipinski definition) is 3. The zero-order valence-electron chi connectivity index (χ0n) is 16.2. The van der Waals surface area contributed by atoms with Gasteiger partial charge in [0.25, 0.3) is 0 Å². The second-order valence-corrected chi connectivity index (χ2v) is 7.49. The van der Waals surface area contributed by atoms with Crippen molar-refractivity contribution in [2.45, 2.75) is 44.4 Å². The van der Waals surface area contributed by atoms with Gasteiger partial charge in [0.15, 0.2) is 6.61 Å². The summed E-state index contributed by atoms with van der Waals surface area (Å²) in [6.45, 7) is 2.28. The van der Waals surface area contributed by atoms with E-state index in [0.29, 0.717) is 12.3 Å². The van der Waals surface area contributed by atoms with Gasteiger partial charge in [0.2, 0.25) is 5.91 Å². The van der Waals surface area contributed by atoms with Crippen molar-refractivity contribution in [2.75, 3.05) is 13.2 Å². The molecule has 0 bridgehead atoms. The minimum Gasteiger partial charge on any atom is -0.482 e. The highest BCUT2D eigenvalue weighted by atomic mass is 16.5. The Morgan fingerprint density at radius 2 is 1.82 bits per heavy atom. The van der Waals surface area contributed by atoms with Crippen molar-refractivity contribution in [3.63, 3.8) is 0 Å². The van der Waals surface area contributed by atoms with Gasteiger partial charge in [-0.2, -0.15) is 0 Å². The van der Waals surface area contributed by atoms with Crippen LogP contribution in [-0.4, -0.2) is 30.1 Å². The number of nitrogens with one attached hydrogen (secondary N) is 1. The fourth-order valence-electron chi connectivity index (χ4n) is 3.96. The SMILES string of the molecule is Cc1cccc(C2(C(=O)NCCc3ccc(OCC(=O)O)cc3)CCCC2)c1. The molecule has 0 spiro atoms. The van der Waals surface area contributed by atoms with Crippen LogP contribution in [0.1, 0.15) is 42.4 Å². The van der Waals surface area contributed by atoms with E-state index in [-0.39, 0.29) is 12.5 Å². The van der Waals surface area contributed by atoms with Gasteiger partial charge < -0.3 is 15.2 Å². The molecule has 1 amide bonds. The molecule has 0 aromatic heterocycles. The Morgan fingerprint density at radius 1 is 1.11 bits per heavy atom. The van der Waals surface area contributed by atoms with Crippen LogP contribution in [0.4, 0.5) is 0 Å². The van der Waals surface area contributed by atoms with Crippen molar-refractivity contribution < 1.29 is 19.4 Å².